The first-order valence-corrected chi connectivity index (χ1v) is 10.9. The van der Waals surface area contributed by atoms with E-state index in [1.54, 1.807) is 37.0 Å². The van der Waals surface area contributed by atoms with Gasteiger partial charge in [0.05, 0.1) is 26.6 Å². The second-order valence-electron chi connectivity index (χ2n) is 8.50. The van der Waals surface area contributed by atoms with Gasteiger partial charge in [0.1, 0.15) is 11.4 Å². The molecule has 32 heavy (non-hydrogen) atoms. The Hall–Kier alpha value is -3.13. The second-order valence-corrected chi connectivity index (χ2v) is 8.50. The van der Waals surface area contributed by atoms with Gasteiger partial charge in [-0.2, -0.15) is 0 Å². The van der Waals surface area contributed by atoms with Crippen LogP contribution in [0.1, 0.15) is 30.0 Å². The van der Waals surface area contributed by atoms with Crippen LogP contribution in [0.3, 0.4) is 0 Å². The summed E-state index contributed by atoms with van der Waals surface area (Å²) in [6.45, 7) is 2.24. The molecule has 8 heteroatoms. The highest BCUT2D eigenvalue weighted by Crippen LogP contribution is 2.35. The van der Waals surface area contributed by atoms with Crippen molar-refractivity contribution in [1.29, 1.82) is 0 Å². The van der Waals surface area contributed by atoms with Gasteiger partial charge in [-0.05, 0) is 42.2 Å². The van der Waals surface area contributed by atoms with Crippen molar-refractivity contribution in [2.24, 2.45) is 5.92 Å². The van der Waals surface area contributed by atoms with Crippen molar-refractivity contribution in [2.45, 2.75) is 31.7 Å². The molecule has 2 aliphatic heterocycles. The van der Waals surface area contributed by atoms with Gasteiger partial charge < -0.3 is 24.3 Å². The number of fused-ring (bicyclic) bond motifs is 4. The normalized spacial score (nSPS) is 19.2. The van der Waals surface area contributed by atoms with E-state index in [0.717, 1.165) is 23.4 Å². The van der Waals surface area contributed by atoms with E-state index in [9.17, 15) is 14.4 Å². The summed E-state index contributed by atoms with van der Waals surface area (Å²) in [5, 5.41) is 2.77. The first kappa shape index (κ1) is 22.1. The van der Waals surface area contributed by atoms with Gasteiger partial charge in [0.25, 0.3) is 5.56 Å². The molecule has 2 atom stereocenters. The number of anilines is 1. The molecule has 2 aromatic rings. The molecule has 1 fully saturated rings. The van der Waals surface area contributed by atoms with E-state index in [2.05, 4.69) is 5.32 Å². The maximum atomic E-state index is 13.1. The van der Waals surface area contributed by atoms with Gasteiger partial charge in [-0.3, -0.25) is 14.4 Å². The number of benzene rings is 1. The third kappa shape index (κ3) is 4.70. The summed E-state index contributed by atoms with van der Waals surface area (Å²) < 4.78 is 11.9. The number of nitrogens with zero attached hydrogens (tertiary/aromatic N) is 2. The van der Waals surface area contributed by atoms with Gasteiger partial charge in [0.15, 0.2) is 0 Å². The predicted octanol–water partition coefficient (Wildman–Crippen LogP) is 2.02. The number of nitrogens with one attached hydrogen (secondary N) is 1. The Bertz CT molecular complexity index is 1050. The van der Waals surface area contributed by atoms with Crippen LogP contribution in [0.4, 0.5) is 5.69 Å². The third-order valence-electron chi connectivity index (χ3n) is 6.27. The average Bonchev–Trinajstić information content (AvgIpc) is 2.80. The third-order valence-corrected chi connectivity index (χ3v) is 6.27. The number of carbonyl (C=O) groups is 2. The fourth-order valence-electron chi connectivity index (χ4n) is 4.72. The number of amides is 2. The standard InChI is InChI=1S/C24H29N3O5/c1-31-10-9-23(29)26-13-17-11-18(15-26)21-8-7-20(24(30)27(21)14-17)25-22(28)12-16-3-5-19(32-2)6-4-16/h3-8,17-18H,9-15H2,1-2H3,(H,25,28). The maximum absolute atomic E-state index is 13.1. The fourth-order valence-corrected chi connectivity index (χ4v) is 4.72. The SMILES string of the molecule is COCCC(=O)N1CC2CC(C1)c1ccc(NC(=O)Cc3ccc(OC)cc3)c(=O)n1C2. The first-order valence-electron chi connectivity index (χ1n) is 10.9. The molecule has 2 bridgehead atoms. The van der Waals surface area contributed by atoms with Crippen LogP contribution < -0.4 is 15.6 Å². The average molecular weight is 440 g/mol. The number of carbonyl (C=O) groups excluding carboxylic acids is 2. The van der Waals surface area contributed by atoms with E-state index >= 15 is 0 Å². The minimum Gasteiger partial charge on any atom is -0.497 e. The quantitative estimate of drug-likeness (QED) is 0.713. The number of piperidine rings is 1. The molecule has 0 radical (unpaired) electrons. The number of hydrogen-bond donors (Lipinski definition) is 1. The van der Waals surface area contributed by atoms with Crippen molar-refractivity contribution in [1.82, 2.24) is 9.47 Å². The lowest BCUT2D eigenvalue weighted by Crippen LogP contribution is -2.49. The van der Waals surface area contributed by atoms with E-state index in [4.69, 9.17) is 9.47 Å². The molecule has 4 rings (SSSR count). The molecule has 2 unspecified atom stereocenters. The summed E-state index contributed by atoms with van der Waals surface area (Å²) in [6, 6.07) is 10.9. The number of rotatable bonds is 7. The summed E-state index contributed by atoms with van der Waals surface area (Å²) >= 11 is 0. The zero-order valence-electron chi connectivity index (χ0n) is 18.5. The highest BCUT2D eigenvalue weighted by atomic mass is 16.5. The molecule has 0 saturated carbocycles. The van der Waals surface area contributed by atoms with Crippen LogP contribution >= 0.6 is 0 Å². The van der Waals surface area contributed by atoms with E-state index in [0.29, 0.717) is 38.3 Å². The first-order chi connectivity index (χ1) is 15.5. The van der Waals surface area contributed by atoms with Gasteiger partial charge in [0.2, 0.25) is 11.8 Å². The molecule has 8 nitrogen and oxygen atoms in total. The second kappa shape index (κ2) is 9.56. The molecule has 1 aromatic heterocycles. The monoisotopic (exact) mass is 439 g/mol. The smallest absolute Gasteiger partial charge is 0.274 e. The Balaban J connectivity index is 1.46. The molecule has 1 N–H and O–H groups in total. The van der Waals surface area contributed by atoms with Crippen molar-refractivity contribution in [2.75, 3.05) is 39.2 Å². The molecule has 2 amide bonds. The lowest BCUT2D eigenvalue weighted by atomic mass is 9.83. The lowest BCUT2D eigenvalue weighted by Gasteiger charge is -2.43. The molecule has 1 aromatic carbocycles. The van der Waals surface area contributed by atoms with Crippen LogP contribution in [0.5, 0.6) is 5.75 Å². The summed E-state index contributed by atoms with van der Waals surface area (Å²) in [5.74, 6) is 0.950. The van der Waals surface area contributed by atoms with Gasteiger partial charge in [0, 0.05) is 38.4 Å². The van der Waals surface area contributed by atoms with E-state index in [1.165, 1.54) is 0 Å². The predicted molar refractivity (Wildman–Crippen MR) is 120 cm³/mol. The molecular formula is C24H29N3O5. The van der Waals surface area contributed by atoms with Crippen LogP contribution in [-0.4, -0.2) is 55.2 Å². The maximum Gasteiger partial charge on any atom is 0.274 e. The number of hydrogen-bond acceptors (Lipinski definition) is 5. The van der Waals surface area contributed by atoms with Crippen molar-refractivity contribution in [3.63, 3.8) is 0 Å². The summed E-state index contributed by atoms with van der Waals surface area (Å²) in [5.41, 5.74) is 1.89. The van der Waals surface area contributed by atoms with Gasteiger partial charge in [-0.1, -0.05) is 12.1 Å². The molecule has 0 aliphatic carbocycles. The van der Waals surface area contributed by atoms with Crippen LogP contribution in [0.2, 0.25) is 0 Å². The van der Waals surface area contributed by atoms with Crippen molar-refractivity contribution < 1.29 is 19.1 Å². The van der Waals surface area contributed by atoms with Crippen molar-refractivity contribution in [3.05, 3.63) is 58.0 Å². The number of likely N-dealkylation sites (tertiary alicyclic amines) is 1. The summed E-state index contributed by atoms with van der Waals surface area (Å²) in [6.07, 6.45) is 1.52. The minimum absolute atomic E-state index is 0.0970. The Morgan fingerprint density at radius 2 is 1.84 bits per heavy atom. The Morgan fingerprint density at radius 3 is 2.56 bits per heavy atom. The Kier molecular flexibility index (Phi) is 6.60. The zero-order valence-corrected chi connectivity index (χ0v) is 18.5. The van der Waals surface area contributed by atoms with Crippen LogP contribution in [0, 0.1) is 5.92 Å². The van der Waals surface area contributed by atoms with Crippen molar-refractivity contribution >= 4 is 17.5 Å². The van der Waals surface area contributed by atoms with Crippen LogP contribution in [0.25, 0.3) is 0 Å². The molecule has 0 spiro atoms. The summed E-state index contributed by atoms with van der Waals surface area (Å²) in [7, 11) is 3.18. The fraction of sp³-hybridized carbons (Fsp3) is 0.458. The van der Waals surface area contributed by atoms with Gasteiger partial charge in [-0.25, -0.2) is 0 Å². The zero-order chi connectivity index (χ0) is 22.7. The number of pyridine rings is 1. The Labute approximate surface area is 187 Å². The lowest BCUT2D eigenvalue weighted by molar-refractivity contribution is -0.134. The molecule has 3 heterocycles. The molecule has 170 valence electrons. The van der Waals surface area contributed by atoms with Gasteiger partial charge >= 0.3 is 0 Å². The highest BCUT2D eigenvalue weighted by molar-refractivity contribution is 5.92. The largest absolute Gasteiger partial charge is 0.497 e. The number of methoxy groups -OCH3 is 2. The van der Waals surface area contributed by atoms with Crippen LogP contribution in [-0.2, 0) is 27.3 Å². The molecule has 1 saturated heterocycles. The molecule has 2 aliphatic rings. The van der Waals surface area contributed by atoms with E-state index in [-0.39, 0.29) is 35.6 Å². The highest BCUT2D eigenvalue weighted by Gasteiger charge is 2.36. The van der Waals surface area contributed by atoms with Crippen LogP contribution in [0.15, 0.2) is 41.2 Å². The summed E-state index contributed by atoms with van der Waals surface area (Å²) in [4.78, 5) is 40.0. The Morgan fingerprint density at radius 1 is 1.06 bits per heavy atom. The van der Waals surface area contributed by atoms with Gasteiger partial charge in [-0.15, -0.1) is 0 Å². The topological polar surface area (TPSA) is 89.9 Å². The van der Waals surface area contributed by atoms with Crippen molar-refractivity contribution in [3.8, 4) is 5.75 Å². The number of ether oxygens (including phenoxy) is 2. The number of aromatic nitrogens is 1. The van der Waals surface area contributed by atoms with E-state index in [1.807, 2.05) is 23.1 Å². The van der Waals surface area contributed by atoms with E-state index < -0.39 is 0 Å². The molecular weight excluding hydrogens is 410 g/mol. The minimum atomic E-state index is -0.237.